The van der Waals surface area contributed by atoms with Gasteiger partial charge in [0.2, 0.25) is 0 Å². The van der Waals surface area contributed by atoms with Gasteiger partial charge in [-0.3, -0.25) is 10.1 Å². The molecule has 3 atom stereocenters. The molecule has 19 heavy (non-hydrogen) atoms. The van der Waals surface area contributed by atoms with E-state index in [2.05, 4.69) is 24.2 Å². The summed E-state index contributed by atoms with van der Waals surface area (Å²) in [4.78, 5) is 13.8. The zero-order valence-electron chi connectivity index (χ0n) is 13.1. The first-order valence-electron chi connectivity index (χ1n) is 7.47. The van der Waals surface area contributed by atoms with Crippen molar-refractivity contribution in [2.24, 2.45) is 5.92 Å². The van der Waals surface area contributed by atoms with Crippen LogP contribution in [0.25, 0.3) is 0 Å². The molecular formula is C15H30N2O2. The number of rotatable bonds is 6. The van der Waals surface area contributed by atoms with Gasteiger partial charge in [-0.2, -0.15) is 0 Å². The van der Waals surface area contributed by atoms with Crippen molar-refractivity contribution in [3.63, 3.8) is 0 Å². The summed E-state index contributed by atoms with van der Waals surface area (Å²) in [5.41, 5.74) is -0.875. The SMILES string of the molecule is CC(C)NC(C)(CN(C)C1CCCCC1C)C(=O)O. The number of likely N-dealkylation sites (N-methyl/N-ethyl adjacent to an activating group) is 1. The molecule has 0 bridgehead atoms. The van der Waals surface area contributed by atoms with Gasteiger partial charge >= 0.3 is 5.97 Å². The molecule has 112 valence electrons. The van der Waals surface area contributed by atoms with E-state index in [1.165, 1.54) is 25.7 Å². The number of nitrogens with one attached hydrogen (secondary N) is 1. The Balaban J connectivity index is 2.70. The molecule has 4 heteroatoms. The molecule has 3 unspecified atom stereocenters. The van der Waals surface area contributed by atoms with Crippen LogP contribution in [0.5, 0.6) is 0 Å². The maximum absolute atomic E-state index is 11.6. The Morgan fingerprint density at radius 2 is 2.00 bits per heavy atom. The monoisotopic (exact) mass is 270 g/mol. The molecule has 1 rings (SSSR count). The lowest BCUT2D eigenvalue weighted by Gasteiger charge is -2.40. The normalized spacial score (nSPS) is 27.5. The summed E-state index contributed by atoms with van der Waals surface area (Å²) in [7, 11) is 2.07. The van der Waals surface area contributed by atoms with E-state index in [1.54, 1.807) is 6.92 Å². The molecule has 0 aromatic carbocycles. The van der Waals surface area contributed by atoms with Crippen LogP contribution in [0, 0.1) is 5.92 Å². The quantitative estimate of drug-likeness (QED) is 0.778. The van der Waals surface area contributed by atoms with Gasteiger partial charge in [0.1, 0.15) is 5.54 Å². The van der Waals surface area contributed by atoms with E-state index in [0.29, 0.717) is 18.5 Å². The van der Waals surface area contributed by atoms with Gasteiger partial charge in [0.25, 0.3) is 0 Å². The Morgan fingerprint density at radius 1 is 1.42 bits per heavy atom. The fourth-order valence-corrected chi connectivity index (χ4v) is 3.38. The maximum atomic E-state index is 11.6. The van der Waals surface area contributed by atoms with Gasteiger partial charge in [0, 0.05) is 18.6 Å². The summed E-state index contributed by atoms with van der Waals surface area (Å²) >= 11 is 0. The molecule has 4 nitrogen and oxygen atoms in total. The highest BCUT2D eigenvalue weighted by Crippen LogP contribution is 2.28. The van der Waals surface area contributed by atoms with Crippen LogP contribution in [0.4, 0.5) is 0 Å². The Kier molecular flexibility index (Phi) is 5.81. The van der Waals surface area contributed by atoms with Gasteiger partial charge in [-0.05, 0) is 46.6 Å². The molecule has 1 aliphatic carbocycles. The van der Waals surface area contributed by atoms with Crippen molar-refractivity contribution in [2.45, 2.75) is 71.0 Å². The van der Waals surface area contributed by atoms with Crippen LogP contribution in [0.3, 0.4) is 0 Å². The standard InChI is InChI=1S/C15H30N2O2/c1-11(2)16-15(4,14(18)19)10-17(5)13-9-7-6-8-12(13)3/h11-13,16H,6-10H2,1-5H3,(H,18,19). The predicted octanol–water partition coefficient (Wildman–Crippen LogP) is 2.34. The second-order valence-corrected chi connectivity index (χ2v) is 6.68. The average Bonchev–Trinajstić information content (AvgIpc) is 2.27. The Bertz CT molecular complexity index is 307. The first-order chi connectivity index (χ1) is 8.76. The zero-order chi connectivity index (χ0) is 14.6. The molecule has 0 radical (unpaired) electrons. The van der Waals surface area contributed by atoms with E-state index in [9.17, 15) is 9.90 Å². The summed E-state index contributed by atoms with van der Waals surface area (Å²) in [5.74, 6) is -0.104. The molecule has 0 aromatic rings. The summed E-state index contributed by atoms with van der Waals surface area (Å²) in [5, 5.41) is 12.7. The van der Waals surface area contributed by atoms with Gasteiger partial charge in [-0.25, -0.2) is 0 Å². The summed E-state index contributed by atoms with van der Waals surface area (Å²) in [6.07, 6.45) is 5.03. The van der Waals surface area contributed by atoms with Gasteiger partial charge in [-0.15, -0.1) is 0 Å². The molecule has 0 aromatic heterocycles. The third kappa shape index (κ3) is 4.46. The molecule has 1 aliphatic rings. The summed E-state index contributed by atoms with van der Waals surface area (Å²) in [6.45, 7) is 8.61. The molecule has 0 aliphatic heterocycles. The van der Waals surface area contributed by atoms with Crippen molar-refractivity contribution in [1.82, 2.24) is 10.2 Å². The number of carbonyl (C=O) groups is 1. The minimum absolute atomic E-state index is 0.165. The lowest BCUT2D eigenvalue weighted by atomic mass is 9.84. The molecule has 0 saturated heterocycles. The van der Waals surface area contributed by atoms with E-state index in [4.69, 9.17) is 0 Å². The van der Waals surface area contributed by atoms with E-state index in [-0.39, 0.29) is 6.04 Å². The van der Waals surface area contributed by atoms with Crippen molar-refractivity contribution in [2.75, 3.05) is 13.6 Å². The number of carboxylic acids is 1. The minimum Gasteiger partial charge on any atom is -0.480 e. The van der Waals surface area contributed by atoms with E-state index in [1.807, 2.05) is 13.8 Å². The Labute approximate surface area is 117 Å². The van der Waals surface area contributed by atoms with Crippen molar-refractivity contribution in [3.8, 4) is 0 Å². The number of hydrogen-bond donors (Lipinski definition) is 2. The first-order valence-corrected chi connectivity index (χ1v) is 7.47. The highest BCUT2D eigenvalue weighted by molar-refractivity contribution is 5.78. The van der Waals surface area contributed by atoms with Crippen molar-refractivity contribution >= 4 is 5.97 Å². The lowest BCUT2D eigenvalue weighted by molar-refractivity contribution is -0.145. The van der Waals surface area contributed by atoms with Gasteiger partial charge in [0.05, 0.1) is 0 Å². The predicted molar refractivity (Wildman–Crippen MR) is 78.4 cm³/mol. The van der Waals surface area contributed by atoms with Crippen LogP contribution in [-0.2, 0) is 4.79 Å². The van der Waals surface area contributed by atoms with Gasteiger partial charge < -0.3 is 10.0 Å². The fourth-order valence-electron chi connectivity index (χ4n) is 3.38. The fraction of sp³-hybridized carbons (Fsp3) is 0.933. The van der Waals surface area contributed by atoms with Crippen LogP contribution in [0.15, 0.2) is 0 Å². The molecule has 0 heterocycles. The molecule has 0 spiro atoms. The van der Waals surface area contributed by atoms with Crippen LogP contribution >= 0.6 is 0 Å². The highest BCUT2D eigenvalue weighted by atomic mass is 16.4. The first kappa shape index (κ1) is 16.4. The number of nitrogens with zero attached hydrogens (tertiary/aromatic N) is 1. The van der Waals surface area contributed by atoms with Crippen LogP contribution in [0.2, 0.25) is 0 Å². The van der Waals surface area contributed by atoms with Gasteiger partial charge in [0.15, 0.2) is 0 Å². The highest BCUT2D eigenvalue weighted by Gasteiger charge is 2.37. The van der Waals surface area contributed by atoms with E-state index < -0.39 is 11.5 Å². The summed E-state index contributed by atoms with van der Waals surface area (Å²) < 4.78 is 0. The van der Waals surface area contributed by atoms with Crippen molar-refractivity contribution in [1.29, 1.82) is 0 Å². The Hall–Kier alpha value is -0.610. The summed E-state index contributed by atoms with van der Waals surface area (Å²) in [6, 6.07) is 0.680. The third-order valence-corrected chi connectivity index (χ3v) is 4.28. The smallest absolute Gasteiger partial charge is 0.324 e. The molecule has 1 fully saturated rings. The lowest BCUT2D eigenvalue weighted by Crippen LogP contribution is -2.60. The van der Waals surface area contributed by atoms with Gasteiger partial charge in [-0.1, -0.05) is 19.8 Å². The number of carboxylic acid groups (broad SMARTS) is 1. The topological polar surface area (TPSA) is 52.6 Å². The second kappa shape index (κ2) is 6.71. The molecule has 1 saturated carbocycles. The number of hydrogen-bond acceptors (Lipinski definition) is 3. The molecular weight excluding hydrogens is 240 g/mol. The minimum atomic E-state index is -0.875. The van der Waals surface area contributed by atoms with Crippen LogP contribution in [0.1, 0.15) is 53.4 Å². The van der Waals surface area contributed by atoms with Crippen LogP contribution < -0.4 is 5.32 Å². The van der Waals surface area contributed by atoms with E-state index in [0.717, 1.165) is 0 Å². The molecule has 0 amide bonds. The zero-order valence-corrected chi connectivity index (χ0v) is 13.1. The maximum Gasteiger partial charge on any atom is 0.324 e. The van der Waals surface area contributed by atoms with Crippen molar-refractivity contribution in [3.05, 3.63) is 0 Å². The van der Waals surface area contributed by atoms with Crippen molar-refractivity contribution < 1.29 is 9.90 Å². The van der Waals surface area contributed by atoms with E-state index >= 15 is 0 Å². The second-order valence-electron chi connectivity index (χ2n) is 6.68. The third-order valence-electron chi connectivity index (χ3n) is 4.28. The Morgan fingerprint density at radius 3 is 2.47 bits per heavy atom. The molecule has 2 N–H and O–H groups in total. The van der Waals surface area contributed by atoms with Crippen LogP contribution in [-0.4, -0.2) is 47.2 Å². The largest absolute Gasteiger partial charge is 0.480 e. The number of aliphatic carboxylic acids is 1. The average molecular weight is 270 g/mol.